The van der Waals surface area contributed by atoms with E-state index in [1.54, 1.807) is 0 Å². The van der Waals surface area contributed by atoms with Crippen molar-refractivity contribution in [3.05, 3.63) is 36.0 Å². The number of nitrogens with zero attached hydrogens (tertiary/aromatic N) is 2. The third-order valence-electron chi connectivity index (χ3n) is 8.85. The maximum atomic E-state index is 11.4. The first-order valence-electron chi connectivity index (χ1n) is 12.2. The summed E-state index contributed by atoms with van der Waals surface area (Å²) in [5, 5.41) is 10.5. The highest BCUT2D eigenvalue weighted by atomic mass is 16.4. The number of benzene rings is 1. The number of carboxylic acids is 1. The van der Waals surface area contributed by atoms with Gasteiger partial charge in [0.25, 0.3) is 0 Å². The maximum absolute atomic E-state index is 11.4. The lowest BCUT2D eigenvalue weighted by Crippen LogP contribution is -2.52. The first-order chi connectivity index (χ1) is 14.7. The van der Waals surface area contributed by atoms with Gasteiger partial charge in [0.1, 0.15) is 0 Å². The van der Waals surface area contributed by atoms with Crippen molar-refractivity contribution in [3.8, 4) is 0 Å². The molecule has 0 radical (unpaired) electrons. The number of hydrogen-bond donors (Lipinski definition) is 1. The molecule has 4 nitrogen and oxygen atoms in total. The van der Waals surface area contributed by atoms with E-state index in [-0.39, 0.29) is 6.42 Å². The molecule has 2 aliphatic carbocycles. The van der Waals surface area contributed by atoms with Crippen molar-refractivity contribution >= 4 is 16.9 Å². The van der Waals surface area contributed by atoms with Crippen LogP contribution in [0.25, 0.3) is 10.9 Å². The molecule has 1 aromatic heterocycles. The zero-order valence-electron chi connectivity index (χ0n) is 17.9. The van der Waals surface area contributed by atoms with Crippen LogP contribution in [0.4, 0.5) is 0 Å². The van der Waals surface area contributed by atoms with Gasteiger partial charge in [-0.05, 0) is 68.4 Å². The van der Waals surface area contributed by atoms with Crippen LogP contribution in [-0.2, 0) is 11.2 Å². The molecule has 2 aromatic rings. The molecule has 6 rings (SSSR count). The molecule has 160 valence electrons. The SMILES string of the molecule is O=C(O)Cc1cn(C2CC3CC[C@@H](C2)N3C2C[C@H]3CCC[C@@H](C2)C3)c2ccccc12. The van der Waals surface area contributed by atoms with Crippen LogP contribution in [0, 0.1) is 11.8 Å². The summed E-state index contributed by atoms with van der Waals surface area (Å²) in [6.07, 6.45) is 16.3. The van der Waals surface area contributed by atoms with Crippen LogP contribution in [0.15, 0.2) is 30.5 Å². The Bertz CT molecular complexity index is 924. The summed E-state index contributed by atoms with van der Waals surface area (Å²) in [4.78, 5) is 14.4. The highest BCUT2D eigenvalue weighted by Crippen LogP contribution is 2.48. The van der Waals surface area contributed by atoms with E-state index in [0.29, 0.717) is 6.04 Å². The number of aliphatic carboxylic acids is 1. The second kappa shape index (κ2) is 7.40. The Morgan fingerprint density at radius 3 is 2.27 bits per heavy atom. The van der Waals surface area contributed by atoms with Gasteiger partial charge in [-0.2, -0.15) is 0 Å². The second-order valence-corrected chi connectivity index (χ2v) is 10.6. The number of fused-ring (bicyclic) bond motifs is 5. The first kappa shape index (κ1) is 18.9. The molecule has 2 aliphatic heterocycles. The van der Waals surface area contributed by atoms with Gasteiger partial charge in [0.2, 0.25) is 0 Å². The Morgan fingerprint density at radius 1 is 0.867 bits per heavy atom. The lowest BCUT2D eigenvalue weighted by molar-refractivity contribution is -0.136. The fourth-order valence-electron chi connectivity index (χ4n) is 7.83. The number of aromatic nitrogens is 1. The van der Waals surface area contributed by atoms with E-state index in [2.05, 4.69) is 33.9 Å². The summed E-state index contributed by atoms with van der Waals surface area (Å²) in [6.45, 7) is 0. The van der Waals surface area contributed by atoms with Crippen LogP contribution in [0.3, 0.4) is 0 Å². The van der Waals surface area contributed by atoms with E-state index in [1.807, 2.05) is 6.07 Å². The molecule has 2 saturated carbocycles. The minimum Gasteiger partial charge on any atom is -0.481 e. The van der Waals surface area contributed by atoms with Crippen molar-refractivity contribution in [3.63, 3.8) is 0 Å². The van der Waals surface area contributed by atoms with Crippen LogP contribution in [-0.4, -0.2) is 38.7 Å². The van der Waals surface area contributed by atoms with E-state index in [0.717, 1.165) is 40.9 Å². The smallest absolute Gasteiger partial charge is 0.307 e. The summed E-state index contributed by atoms with van der Waals surface area (Å²) < 4.78 is 2.44. The predicted octanol–water partition coefficient (Wildman–Crippen LogP) is 5.41. The molecule has 0 amide bonds. The molecule has 4 bridgehead atoms. The Balaban J connectivity index is 1.26. The quantitative estimate of drug-likeness (QED) is 0.739. The fourth-order valence-corrected chi connectivity index (χ4v) is 7.83. The summed E-state index contributed by atoms with van der Waals surface area (Å²) in [5.74, 6) is 1.24. The molecule has 1 N–H and O–H groups in total. The molecule has 1 aromatic carbocycles. The van der Waals surface area contributed by atoms with Gasteiger partial charge in [0, 0.05) is 41.3 Å². The Labute approximate surface area is 179 Å². The van der Waals surface area contributed by atoms with Gasteiger partial charge in [-0.25, -0.2) is 0 Å². The number of hydrogen-bond acceptors (Lipinski definition) is 2. The predicted molar refractivity (Wildman–Crippen MR) is 119 cm³/mol. The van der Waals surface area contributed by atoms with Crippen molar-refractivity contribution in [1.82, 2.24) is 9.47 Å². The highest BCUT2D eigenvalue weighted by molar-refractivity contribution is 5.87. The van der Waals surface area contributed by atoms with E-state index in [1.165, 1.54) is 69.7 Å². The van der Waals surface area contributed by atoms with Gasteiger partial charge < -0.3 is 9.67 Å². The van der Waals surface area contributed by atoms with Crippen molar-refractivity contribution in [2.45, 2.75) is 94.8 Å². The zero-order valence-corrected chi connectivity index (χ0v) is 17.9. The van der Waals surface area contributed by atoms with Crippen molar-refractivity contribution in [1.29, 1.82) is 0 Å². The van der Waals surface area contributed by atoms with Gasteiger partial charge in [0.05, 0.1) is 6.42 Å². The molecular weight excluding hydrogens is 372 g/mol. The Kier molecular flexibility index (Phi) is 4.67. The first-order valence-corrected chi connectivity index (χ1v) is 12.2. The number of rotatable bonds is 4. The minimum absolute atomic E-state index is 0.115. The average molecular weight is 407 g/mol. The molecular formula is C26H34N2O2. The second-order valence-electron chi connectivity index (χ2n) is 10.6. The third kappa shape index (κ3) is 3.19. The van der Waals surface area contributed by atoms with Crippen LogP contribution in [0.2, 0.25) is 0 Å². The molecule has 3 heterocycles. The summed E-state index contributed by atoms with van der Waals surface area (Å²) in [7, 11) is 0. The van der Waals surface area contributed by atoms with Gasteiger partial charge in [-0.15, -0.1) is 0 Å². The summed E-state index contributed by atoms with van der Waals surface area (Å²) >= 11 is 0. The molecule has 4 aliphatic rings. The molecule has 4 fully saturated rings. The van der Waals surface area contributed by atoms with Gasteiger partial charge in [-0.3, -0.25) is 9.69 Å². The number of carbonyl (C=O) groups is 1. The molecule has 6 atom stereocenters. The summed E-state index contributed by atoms with van der Waals surface area (Å²) in [6, 6.07) is 11.2. The van der Waals surface area contributed by atoms with Crippen molar-refractivity contribution in [2.75, 3.05) is 0 Å². The topological polar surface area (TPSA) is 45.5 Å². The lowest BCUT2D eigenvalue weighted by Gasteiger charge is -2.49. The molecule has 2 saturated heterocycles. The van der Waals surface area contributed by atoms with Crippen molar-refractivity contribution < 1.29 is 9.90 Å². The largest absolute Gasteiger partial charge is 0.481 e. The summed E-state index contributed by atoms with van der Waals surface area (Å²) in [5.41, 5.74) is 2.19. The van der Waals surface area contributed by atoms with Crippen LogP contribution < -0.4 is 0 Å². The Hall–Kier alpha value is -1.81. The average Bonchev–Trinajstić information content (AvgIpc) is 3.22. The van der Waals surface area contributed by atoms with E-state index >= 15 is 0 Å². The van der Waals surface area contributed by atoms with Crippen molar-refractivity contribution in [2.24, 2.45) is 11.8 Å². The molecule has 0 spiro atoms. The van der Waals surface area contributed by atoms with Gasteiger partial charge in [0.15, 0.2) is 0 Å². The van der Waals surface area contributed by atoms with Crippen LogP contribution >= 0.6 is 0 Å². The zero-order chi connectivity index (χ0) is 20.2. The maximum Gasteiger partial charge on any atom is 0.307 e. The molecule has 30 heavy (non-hydrogen) atoms. The van der Waals surface area contributed by atoms with E-state index < -0.39 is 5.97 Å². The third-order valence-corrected chi connectivity index (χ3v) is 8.85. The van der Waals surface area contributed by atoms with E-state index in [4.69, 9.17) is 0 Å². The standard InChI is InChI=1S/C26H34N2O2/c29-26(30)13-19-16-27(25-7-2-1-6-24(19)25)22-14-20-8-9-21(15-22)28(20)23-11-17-4-3-5-18(10-17)12-23/h1-2,6-7,16-18,20-23H,3-5,8-15H2,(H,29,30)/t17-,18+,20-,21?,22?,23?/m0/s1. The van der Waals surface area contributed by atoms with Crippen LogP contribution in [0.1, 0.15) is 75.8 Å². The normalized spacial score (nSPS) is 36.3. The number of carboxylic acid groups (broad SMARTS) is 1. The minimum atomic E-state index is -0.740. The number of piperidine rings is 1. The van der Waals surface area contributed by atoms with E-state index in [9.17, 15) is 9.90 Å². The molecule has 4 heteroatoms. The van der Waals surface area contributed by atoms with Gasteiger partial charge in [-0.1, -0.05) is 37.5 Å². The number of para-hydroxylation sites is 1. The highest BCUT2D eigenvalue weighted by Gasteiger charge is 2.46. The molecule has 3 unspecified atom stereocenters. The monoisotopic (exact) mass is 406 g/mol. The lowest BCUT2D eigenvalue weighted by atomic mass is 9.69. The van der Waals surface area contributed by atoms with Gasteiger partial charge >= 0.3 is 5.97 Å². The fraction of sp³-hybridized carbons (Fsp3) is 0.654. The van der Waals surface area contributed by atoms with Crippen LogP contribution in [0.5, 0.6) is 0 Å². The Morgan fingerprint density at radius 2 is 1.57 bits per heavy atom.